The molecule has 2 rings (SSSR count). The molecule has 0 bridgehead atoms. The molecule has 1 atom stereocenters. The summed E-state index contributed by atoms with van der Waals surface area (Å²) in [6.45, 7) is 4.39. The number of piperazine rings is 1. The van der Waals surface area contributed by atoms with E-state index in [1.807, 2.05) is 17.0 Å². The molecule has 1 aromatic carbocycles. The Kier molecular flexibility index (Phi) is 6.42. The van der Waals surface area contributed by atoms with Crippen LogP contribution >= 0.6 is 24.0 Å². The summed E-state index contributed by atoms with van der Waals surface area (Å²) in [5.41, 5.74) is 0. The Morgan fingerprint density at radius 1 is 1.53 bits per heavy atom. The lowest BCUT2D eigenvalue weighted by molar-refractivity contribution is -0.134. The minimum atomic E-state index is 0. The van der Waals surface area contributed by atoms with Crippen molar-refractivity contribution in [1.29, 1.82) is 0 Å². The van der Waals surface area contributed by atoms with Gasteiger partial charge in [-0.2, -0.15) is 0 Å². The van der Waals surface area contributed by atoms with Crippen LogP contribution in [0.3, 0.4) is 0 Å². The lowest BCUT2D eigenvalue weighted by Crippen LogP contribution is -2.52. The molecule has 106 valence electrons. The first kappa shape index (κ1) is 16.1. The van der Waals surface area contributed by atoms with Gasteiger partial charge in [-0.05, 0) is 19.1 Å². The van der Waals surface area contributed by atoms with Crippen LogP contribution in [0.1, 0.15) is 6.92 Å². The van der Waals surface area contributed by atoms with Crippen molar-refractivity contribution < 1.29 is 9.53 Å². The summed E-state index contributed by atoms with van der Waals surface area (Å²) in [5, 5.41) is 3.82. The Morgan fingerprint density at radius 3 is 2.95 bits per heavy atom. The maximum atomic E-state index is 12.0. The number of nitrogens with zero attached hydrogens (tertiary/aromatic N) is 1. The second kappa shape index (κ2) is 7.58. The Bertz CT molecular complexity index is 429. The van der Waals surface area contributed by atoms with E-state index < -0.39 is 0 Å². The molecular weight excluding hydrogens is 287 g/mol. The lowest BCUT2D eigenvalue weighted by Gasteiger charge is -2.31. The van der Waals surface area contributed by atoms with Crippen molar-refractivity contribution >= 4 is 29.9 Å². The average molecular weight is 305 g/mol. The first-order valence-electron chi connectivity index (χ1n) is 6.05. The number of para-hydroxylation sites is 1. The number of nitrogens with one attached hydrogen (secondary N) is 1. The first-order valence-corrected chi connectivity index (χ1v) is 6.43. The van der Waals surface area contributed by atoms with Crippen molar-refractivity contribution in [3.63, 3.8) is 0 Å². The molecule has 1 aromatic rings. The van der Waals surface area contributed by atoms with Crippen LogP contribution in [0.5, 0.6) is 5.75 Å². The van der Waals surface area contributed by atoms with E-state index >= 15 is 0 Å². The van der Waals surface area contributed by atoms with Gasteiger partial charge >= 0.3 is 0 Å². The van der Waals surface area contributed by atoms with Gasteiger partial charge in [0.15, 0.2) is 6.61 Å². The van der Waals surface area contributed by atoms with Gasteiger partial charge in [0.05, 0.1) is 5.02 Å². The number of rotatable bonds is 3. The van der Waals surface area contributed by atoms with Gasteiger partial charge in [-0.3, -0.25) is 4.79 Å². The van der Waals surface area contributed by atoms with Gasteiger partial charge in [0.25, 0.3) is 5.91 Å². The third-order valence-corrected chi connectivity index (χ3v) is 3.22. The SMILES string of the molecule is CC1CN(C(=O)COc2ccccc2Cl)CCN1.Cl. The minimum Gasteiger partial charge on any atom is -0.482 e. The summed E-state index contributed by atoms with van der Waals surface area (Å²) in [6, 6.07) is 7.50. The van der Waals surface area contributed by atoms with Crippen LogP contribution in [0, 0.1) is 0 Å². The Hall–Kier alpha value is -0.970. The lowest BCUT2D eigenvalue weighted by atomic mass is 10.2. The van der Waals surface area contributed by atoms with Gasteiger partial charge in [0.1, 0.15) is 5.75 Å². The van der Waals surface area contributed by atoms with Crippen LogP contribution in [0.25, 0.3) is 0 Å². The summed E-state index contributed by atoms with van der Waals surface area (Å²) in [6.07, 6.45) is 0. The van der Waals surface area contributed by atoms with Crippen LogP contribution in [0.15, 0.2) is 24.3 Å². The van der Waals surface area contributed by atoms with Crippen LogP contribution in [0.4, 0.5) is 0 Å². The number of halogens is 2. The van der Waals surface area contributed by atoms with Crippen molar-refractivity contribution in [3.8, 4) is 5.75 Å². The zero-order valence-electron chi connectivity index (χ0n) is 10.8. The monoisotopic (exact) mass is 304 g/mol. The van der Waals surface area contributed by atoms with E-state index in [1.165, 1.54) is 0 Å². The van der Waals surface area contributed by atoms with Crippen LogP contribution < -0.4 is 10.1 Å². The molecule has 0 saturated carbocycles. The fourth-order valence-corrected chi connectivity index (χ4v) is 2.14. The number of amides is 1. The van der Waals surface area contributed by atoms with Crippen LogP contribution in [0.2, 0.25) is 5.02 Å². The molecule has 4 nitrogen and oxygen atoms in total. The van der Waals surface area contributed by atoms with Gasteiger partial charge in [0.2, 0.25) is 0 Å². The normalized spacial score (nSPS) is 18.6. The van der Waals surface area contributed by atoms with Crippen molar-refractivity contribution in [2.75, 3.05) is 26.2 Å². The van der Waals surface area contributed by atoms with E-state index in [1.54, 1.807) is 12.1 Å². The van der Waals surface area contributed by atoms with E-state index in [2.05, 4.69) is 12.2 Å². The van der Waals surface area contributed by atoms with Gasteiger partial charge in [-0.15, -0.1) is 12.4 Å². The molecule has 0 radical (unpaired) electrons. The summed E-state index contributed by atoms with van der Waals surface area (Å²) in [7, 11) is 0. The predicted molar refractivity (Wildman–Crippen MR) is 78.2 cm³/mol. The van der Waals surface area contributed by atoms with Crippen molar-refractivity contribution in [1.82, 2.24) is 10.2 Å². The molecule has 1 saturated heterocycles. The zero-order chi connectivity index (χ0) is 13.0. The zero-order valence-corrected chi connectivity index (χ0v) is 12.3. The molecule has 1 unspecified atom stereocenters. The Morgan fingerprint density at radius 2 is 2.26 bits per heavy atom. The maximum Gasteiger partial charge on any atom is 0.260 e. The highest BCUT2D eigenvalue weighted by molar-refractivity contribution is 6.32. The molecular formula is C13H18Cl2N2O2. The molecule has 0 spiro atoms. The molecule has 1 fully saturated rings. The van der Waals surface area contributed by atoms with E-state index in [9.17, 15) is 4.79 Å². The van der Waals surface area contributed by atoms with Crippen LogP contribution in [-0.4, -0.2) is 43.1 Å². The standard InChI is InChI=1S/C13H17ClN2O2.ClH/c1-10-8-16(7-6-15-10)13(17)9-18-12-5-3-2-4-11(12)14;/h2-5,10,15H,6-9H2,1H3;1H. The summed E-state index contributed by atoms with van der Waals surface area (Å²) >= 11 is 5.96. The fraction of sp³-hybridized carbons (Fsp3) is 0.462. The van der Waals surface area contributed by atoms with Gasteiger partial charge in [0, 0.05) is 25.7 Å². The number of benzene rings is 1. The minimum absolute atomic E-state index is 0. The molecule has 1 heterocycles. The molecule has 1 aliphatic heterocycles. The molecule has 1 amide bonds. The molecule has 0 aliphatic carbocycles. The quantitative estimate of drug-likeness (QED) is 0.928. The van der Waals surface area contributed by atoms with E-state index in [-0.39, 0.29) is 24.9 Å². The molecule has 0 aromatic heterocycles. The Labute approximate surface area is 124 Å². The van der Waals surface area contributed by atoms with Crippen molar-refractivity contribution in [3.05, 3.63) is 29.3 Å². The highest BCUT2D eigenvalue weighted by Gasteiger charge is 2.20. The third kappa shape index (κ3) is 4.56. The van der Waals surface area contributed by atoms with Gasteiger partial charge < -0.3 is 15.0 Å². The predicted octanol–water partition coefficient (Wildman–Crippen LogP) is 1.96. The van der Waals surface area contributed by atoms with Gasteiger partial charge in [-0.25, -0.2) is 0 Å². The van der Waals surface area contributed by atoms with Crippen molar-refractivity contribution in [2.24, 2.45) is 0 Å². The third-order valence-electron chi connectivity index (χ3n) is 2.91. The molecule has 6 heteroatoms. The number of hydrogen-bond donors (Lipinski definition) is 1. The first-order chi connectivity index (χ1) is 8.66. The second-order valence-corrected chi connectivity index (χ2v) is 4.82. The molecule has 19 heavy (non-hydrogen) atoms. The second-order valence-electron chi connectivity index (χ2n) is 4.41. The maximum absolute atomic E-state index is 12.0. The molecule has 1 aliphatic rings. The molecule has 1 N–H and O–H groups in total. The van der Waals surface area contributed by atoms with E-state index in [4.69, 9.17) is 16.3 Å². The number of carbonyl (C=O) groups is 1. The highest BCUT2D eigenvalue weighted by atomic mass is 35.5. The smallest absolute Gasteiger partial charge is 0.260 e. The largest absolute Gasteiger partial charge is 0.482 e. The topological polar surface area (TPSA) is 41.6 Å². The fourth-order valence-electron chi connectivity index (χ4n) is 1.95. The number of hydrogen-bond acceptors (Lipinski definition) is 3. The number of ether oxygens (including phenoxy) is 1. The highest BCUT2D eigenvalue weighted by Crippen LogP contribution is 2.22. The van der Waals surface area contributed by atoms with Gasteiger partial charge in [-0.1, -0.05) is 23.7 Å². The van der Waals surface area contributed by atoms with Crippen LogP contribution in [-0.2, 0) is 4.79 Å². The Balaban J connectivity index is 0.00000180. The summed E-state index contributed by atoms with van der Waals surface area (Å²) in [5.74, 6) is 0.555. The summed E-state index contributed by atoms with van der Waals surface area (Å²) < 4.78 is 5.44. The average Bonchev–Trinajstić information content (AvgIpc) is 2.37. The van der Waals surface area contributed by atoms with E-state index in [0.29, 0.717) is 16.8 Å². The summed E-state index contributed by atoms with van der Waals surface area (Å²) in [4.78, 5) is 13.8. The van der Waals surface area contributed by atoms with E-state index in [0.717, 1.165) is 19.6 Å². The van der Waals surface area contributed by atoms with Crippen molar-refractivity contribution in [2.45, 2.75) is 13.0 Å². The number of carbonyl (C=O) groups excluding carboxylic acids is 1.